The van der Waals surface area contributed by atoms with E-state index in [1.807, 2.05) is 6.07 Å². The van der Waals surface area contributed by atoms with E-state index in [1.54, 1.807) is 30.5 Å². The fourth-order valence-corrected chi connectivity index (χ4v) is 3.70. The van der Waals surface area contributed by atoms with Gasteiger partial charge < -0.3 is 10.2 Å². The van der Waals surface area contributed by atoms with Crippen LogP contribution in [0.5, 0.6) is 0 Å². The molecule has 150 valence electrons. The first-order valence-corrected chi connectivity index (χ1v) is 9.92. The lowest BCUT2D eigenvalue weighted by molar-refractivity contribution is -0.121. The first kappa shape index (κ1) is 19.0. The maximum Gasteiger partial charge on any atom is 0.261 e. The average molecular weight is 393 g/mol. The highest BCUT2D eigenvalue weighted by Gasteiger charge is 2.34. The molecule has 1 saturated heterocycles. The van der Waals surface area contributed by atoms with Gasteiger partial charge >= 0.3 is 0 Å². The number of hydrogen-bond acceptors (Lipinski definition) is 6. The number of rotatable bonds is 7. The Labute approximate surface area is 168 Å². The molecule has 2 aliphatic rings. The Morgan fingerprint density at radius 1 is 1.03 bits per heavy atom. The maximum atomic E-state index is 12.3. The van der Waals surface area contributed by atoms with Crippen LogP contribution in [0.1, 0.15) is 52.2 Å². The molecule has 0 saturated carbocycles. The first-order chi connectivity index (χ1) is 14.1. The van der Waals surface area contributed by atoms with Gasteiger partial charge in [0.2, 0.25) is 5.91 Å². The number of fused-ring (bicyclic) bond motifs is 1. The second-order valence-electron chi connectivity index (χ2n) is 7.21. The van der Waals surface area contributed by atoms with Gasteiger partial charge in [0.1, 0.15) is 11.6 Å². The van der Waals surface area contributed by atoms with Crippen LogP contribution < -0.4 is 10.2 Å². The SMILES string of the molecule is O=C(CCCN1C(=O)c2ccccc2C1=O)NCc1nccc(N2CCCC2)n1. The van der Waals surface area contributed by atoms with Crippen LogP contribution in [0.4, 0.5) is 5.82 Å². The van der Waals surface area contributed by atoms with E-state index in [4.69, 9.17) is 0 Å². The van der Waals surface area contributed by atoms with Crippen molar-refractivity contribution in [3.8, 4) is 0 Å². The van der Waals surface area contributed by atoms with Gasteiger partial charge in [-0.3, -0.25) is 19.3 Å². The molecule has 0 atom stereocenters. The maximum absolute atomic E-state index is 12.3. The molecule has 1 aromatic carbocycles. The van der Waals surface area contributed by atoms with Gasteiger partial charge in [0.15, 0.2) is 0 Å². The summed E-state index contributed by atoms with van der Waals surface area (Å²) in [7, 11) is 0. The van der Waals surface area contributed by atoms with E-state index >= 15 is 0 Å². The van der Waals surface area contributed by atoms with Crippen LogP contribution in [0.2, 0.25) is 0 Å². The van der Waals surface area contributed by atoms with Gasteiger partial charge in [-0.2, -0.15) is 0 Å². The molecular weight excluding hydrogens is 370 g/mol. The van der Waals surface area contributed by atoms with Crippen LogP contribution in [0, 0.1) is 0 Å². The van der Waals surface area contributed by atoms with E-state index in [0.717, 1.165) is 18.9 Å². The summed E-state index contributed by atoms with van der Waals surface area (Å²) >= 11 is 0. The number of carbonyl (C=O) groups excluding carboxylic acids is 3. The molecule has 8 heteroatoms. The lowest BCUT2D eigenvalue weighted by Gasteiger charge is -2.16. The normalized spacial score (nSPS) is 15.7. The van der Waals surface area contributed by atoms with Gasteiger partial charge in [-0.1, -0.05) is 12.1 Å². The highest BCUT2D eigenvalue weighted by molar-refractivity contribution is 6.21. The molecule has 3 amide bonds. The molecule has 0 bridgehead atoms. The molecule has 0 aliphatic carbocycles. The van der Waals surface area contributed by atoms with E-state index < -0.39 is 0 Å². The van der Waals surface area contributed by atoms with Crippen LogP contribution in [0.3, 0.4) is 0 Å². The molecule has 0 unspecified atom stereocenters. The number of imide groups is 1. The molecule has 2 aliphatic heterocycles. The number of aromatic nitrogens is 2. The van der Waals surface area contributed by atoms with Gasteiger partial charge in [0, 0.05) is 32.3 Å². The molecule has 2 aromatic rings. The number of anilines is 1. The van der Waals surface area contributed by atoms with Crippen molar-refractivity contribution in [3.63, 3.8) is 0 Å². The van der Waals surface area contributed by atoms with Crippen LogP contribution in [-0.4, -0.2) is 52.2 Å². The Morgan fingerprint density at radius 3 is 2.41 bits per heavy atom. The predicted octanol–water partition coefficient (Wildman–Crippen LogP) is 1.77. The Hall–Kier alpha value is -3.29. The number of benzene rings is 1. The van der Waals surface area contributed by atoms with Crippen LogP contribution >= 0.6 is 0 Å². The van der Waals surface area contributed by atoms with E-state index in [9.17, 15) is 14.4 Å². The topological polar surface area (TPSA) is 95.5 Å². The zero-order valence-electron chi connectivity index (χ0n) is 16.1. The van der Waals surface area contributed by atoms with Gasteiger partial charge in [-0.05, 0) is 37.5 Å². The lowest BCUT2D eigenvalue weighted by atomic mass is 10.1. The van der Waals surface area contributed by atoms with E-state index in [1.165, 1.54) is 17.7 Å². The second kappa shape index (κ2) is 8.38. The Balaban J connectivity index is 1.24. The van der Waals surface area contributed by atoms with Crippen molar-refractivity contribution in [1.29, 1.82) is 0 Å². The molecule has 0 radical (unpaired) electrons. The zero-order chi connectivity index (χ0) is 20.2. The van der Waals surface area contributed by atoms with Crippen molar-refractivity contribution >= 4 is 23.5 Å². The van der Waals surface area contributed by atoms with Gasteiger partial charge in [0.05, 0.1) is 17.7 Å². The Bertz CT molecular complexity index is 904. The predicted molar refractivity (Wildman–Crippen MR) is 106 cm³/mol. The van der Waals surface area contributed by atoms with Crippen molar-refractivity contribution < 1.29 is 14.4 Å². The molecule has 1 N–H and O–H groups in total. The third kappa shape index (κ3) is 4.11. The second-order valence-corrected chi connectivity index (χ2v) is 7.21. The Morgan fingerprint density at radius 2 is 1.72 bits per heavy atom. The van der Waals surface area contributed by atoms with E-state index in [0.29, 0.717) is 23.4 Å². The minimum absolute atomic E-state index is 0.156. The monoisotopic (exact) mass is 393 g/mol. The molecule has 1 fully saturated rings. The van der Waals surface area contributed by atoms with Crippen molar-refractivity contribution in [2.24, 2.45) is 0 Å². The lowest BCUT2D eigenvalue weighted by Crippen LogP contribution is -2.32. The van der Waals surface area contributed by atoms with Gasteiger partial charge in [-0.15, -0.1) is 0 Å². The summed E-state index contributed by atoms with van der Waals surface area (Å²) in [5.41, 5.74) is 0.856. The molecule has 0 spiro atoms. The summed E-state index contributed by atoms with van der Waals surface area (Å²) in [5, 5.41) is 2.81. The summed E-state index contributed by atoms with van der Waals surface area (Å²) < 4.78 is 0. The van der Waals surface area contributed by atoms with Crippen molar-refractivity contribution in [2.75, 3.05) is 24.5 Å². The van der Waals surface area contributed by atoms with Gasteiger partial charge in [-0.25, -0.2) is 9.97 Å². The number of carbonyl (C=O) groups is 3. The largest absolute Gasteiger partial charge is 0.357 e. The highest BCUT2D eigenvalue weighted by atomic mass is 16.2. The number of amides is 3. The van der Waals surface area contributed by atoms with E-state index in [2.05, 4.69) is 20.2 Å². The van der Waals surface area contributed by atoms with E-state index in [-0.39, 0.29) is 37.2 Å². The smallest absolute Gasteiger partial charge is 0.261 e. The molecule has 8 nitrogen and oxygen atoms in total. The summed E-state index contributed by atoms with van der Waals surface area (Å²) in [6, 6.07) is 8.67. The van der Waals surface area contributed by atoms with Crippen LogP contribution in [0.15, 0.2) is 36.5 Å². The fourth-order valence-electron chi connectivity index (χ4n) is 3.70. The highest BCUT2D eigenvalue weighted by Crippen LogP contribution is 2.22. The number of nitrogens with one attached hydrogen (secondary N) is 1. The van der Waals surface area contributed by atoms with Crippen molar-refractivity contribution in [3.05, 3.63) is 53.5 Å². The number of nitrogens with zero attached hydrogens (tertiary/aromatic N) is 4. The standard InChI is InChI=1S/C21H23N5O3/c27-19(23-14-17-22-10-9-18(24-17)25-11-3-4-12-25)8-5-13-26-20(28)15-6-1-2-7-16(15)21(26)29/h1-2,6-7,9-10H,3-5,8,11-14H2,(H,23,27). The summed E-state index contributed by atoms with van der Waals surface area (Å²) in [6.07, 6.45) is 4.68. The minimum atomic E-state index is -0.293. The average Bonchev–Trinajstić information content (AvgIpc) is 3.36. The first-order valence-electron chi connectivity index (χ1n) is 9.92. The van der Waals surface area contributed by atoms with Gasteiger partial charge in [0.25, 0.3) is 11.8 Å². The molecular formula is C21H23N5O3. The van der Waals surface area contributed by atoms with Crippen LogP contribution in [0.25, 0.3) is 0 Å². The summed E-state index contributed by atoms with van der Waals surface area (Å²) in [6.45, 7) is 2.48. The fraction of sp³-hybridized carbons (Fsp3) is 0.381. The van der Waals surface area contributed by atoms with Crippen LogP contribution in [-0.2, 0) is 11.3 Å². The van der Waals surface area contributed by atoms with Crippen molar-refractivity contribution in [1.82, 2.24) is 20.2 Å². The third-order valence-electron chi connectivity index (χ3n) is 5.23. The Kier molecular flexibility index (Phi) is 5.50. The molecule has 29 heavy (non-hydrogen) atoms. The summed E-state index contributed by atoms with van der Waals surface area (Å²) in [4.78, 5) is 48.9. The molecule has 1 aromatic heterocycles. The summed E-state index contributed by atoms with van der Waals surface area (Å²) in [5.74, 6) is 0.725. The minimum Gasteiger partial charge on any atom is -0.357 e. The molecule has 4 rings (SSSR count). The quantitative estimate of drug-likeness (QED) is 0.721. The van der Waals surface area contributed by atoms with Crippen molar-refractivity contribution in [2.45, 2.75) is 32.2 Å². The third-order valence-corrected chi connectivity index (χ3v) is 5.23. The molecule has 3 heterocycles. The zero-order valence-corrected chi connectivity index (χ0v) is 16.1. The number of hydrogen-bond donors (Lipinski definition) is 1.